The Kier molecular flexibility index (Phi) is 8.31. The maximum atomic E-state index is 13.4. The van der Waals surface area contributed by atoms with Crippen LogP contribution >= 0.6 is 0 Å². The lowest BCUT2D eigenvalue weighted by Gasteiger charge is -2.30. The van der Waals surface area contributed by atoms with Crippen molar-refractivity contribution in [3.8, 4) is 17.1 Å². The van der Waals surface area contributed by atoms with Crippen molar-refractivity contribution in [3.63, 3.8) is 0 Å². The molecule has 8 nitrogen and oxygen atoms in total. The zero-order chi connectivity index (χ0) is 27.4. The standard InChI is InChI=1S/C31H41N5O3/c1-4-23(37)8-6-5-7-9-26(35-30(38)24-19-31(24)14-16-36(2)17-15-31)29-32-20-27(34-29)22-10-12-25-21(18-22)11-13-28(33-25)39-3/h10-13,18,20,24,26H,4-9,14-17,19H2,1-3H3,(H,32,34)(H,35,38)/t24-,26+/m1/s1. The summed E-state index contributed by atoms with van der Waals surface area (Å²) in [6.45, 7) is 4.05. The van der Waals surface area contributed by atoms with E-state index in [1.807, 2.05) is 37.4 Å². The van der Waals surface area contributed by atoms with Crippen molar-refractivity contribution in [1.82, 2.24) is 25.2 Å². The van der Waals surface area contributed by atoms with Crippen LogP contribution in [0.2, 0.25) is 0 Å². The number of imidazole rings is 1. The number of ether oxygens (including phenoxy) is 1. The number of rotatable bonds is 12. The maximum absolute atomic E-state index is 13.4. The van der Waals surface area contributed by atoms with Crippen molar-refractivity contribution in [2.75, 3.05) is 27.2 Å². The van der Waals surface area contributed by atoms with Gasteiger partial charge in [-0.3, -0.25) is 9.59 Å². The SMILES string of the molecule is CCC(=O)CCCCC[C@H](NC(=O)[C@H]1CC12CCN(C)CC2)c1ncc(-c2ccc3nc(OC)ccc3c2)[nH]1. The second-order valence-electron chi connectivity index (χ2n) is 11.4. The molecule has 1 aliphatic carbocycles. The van der Waals surface area contributed by atoms with Gasteiger partial charge in [-0.1, -0.05) is 25.8 Å². The zero-order valence-electron chi connectivity index (χ0n) is 23.5. The molecule has 1 saturated heterocycles. The molecule has 2 N–H and O–H groups in total. The van der Waals surface area contributed by atoms with E-state index in [-0.39, 0.29) is 23.3 Å². The molecule has 0 bridgehead atoms. The average Bonchev–Trinajstić information content (AvgIpc) is 3.44. The van der Waals surface area contributed by atoms with E-state index in [1.54, 1.807) is 7.11 Å². The first-order valence-corrected chi connectivity index (χ1v) is 14.4. The quantitative estimate of drug-likeness (QED) is 0.301. The fraction of sp³-hybridized carbons (Fsp3) is 0.548. The van der Waals surface area contributed by atoms with Crippen LogP contribution in [0.5, 0.6) is 5.88 Å². The van der Waals surface area contributed by atoms with E-state index >= 15 is 0 Å². The molecule has 1 aliphatic heterocycles. The van der Waals surface area contributed by atoms with Gasteiger partial charge in [-0.05, 0) is 75.9 Å². The lowest BCUT2D eigenvalue weighted by Crippen LogP contribution is -2.36. The third-order valence-corrected chi connectivity index (χ3v) is 8.76. The fourth-order valence-electron chi connectivity index (χ4n) is 5.96. The normalized spacial score (nSPS) is 19.2. The minimum atomic E-state index is -0.177. The molecule has 1 amide bonds. The Labute approximate surface area is 230 Å². The largest absolute Gasteiger partial charge is 0.481 e. The van der Waals surface area contributed by atoms with Crippen LogP contribution in [0.25, 0.3) is 22.2 Å². The van der Waals surface area contributed by atoms with Crippen molar-refractivity contribution in [1.29, 1.82) is 0 Å². The molecule has 3 heterocycles. The minimum Gasteiger partial charge on any atom is -0.481 e. The molecule has 5 rings (SSSR count). The number of hydrogen-bond donors (Lipinski definition) is 2. The van der Waals surface area contributed by atoms with E-state index < -0.39 is 0 Å². The van der Waals surface area contributed by atoms with Gasteiger partial charge in [0.15, 0.2) is 0 Å². The lowest BCUT2D eigenvalue weighted by atomic mass is 9.91. The van der Waals surface area contributed by atoms with E-state index in [0.717, 1.165) is 86.0 Å². The number of aromatic nitrogens is 3. The van der Waals surface area contributed by atoms with E-state index in [9.17, 15) is 9.59 Å². The van der Waals surface area contributed by atoms with Crippen LogP contribution in [0.3, 0.4) is 0 Å². The van der Waals surface area contributed by atoms with E-state index in [1.165, 1.54) is 0 Å². The third kappa shape index (κ3) is 6.32. The number of nitrogens with zero attached hydrogens (tertiary/aromatic N) is 3. The van der Waals surface area contributed by atoms with Crippen LogP contribution in [0.15, 0.2) is 36.5 Å². The molecule has 0 radical (unpaired) electrons. The van der Waals surface area contributed by atoms with Crippen molar-refractivity contribution in [2.45, 2.75) is 70.8 Å². The van der Waals surface area contributed by atoms with Gasteiger partial charge in [0.1, 0.15) is 11.6 Å². The second kappa shape index (κ2) is 11.9. The number of carbonyl (C=O) groups excluding carboxylic acids is 2. The van der Waals surface area contributed by atoms with Crippen molar-refractivity contribution >= 4 is 22.6 Å². The Morgan fingerprint density at radius 3 is 2.77 bits per heavy atom. The molecule has 0 unspecified atom stereocenters. The molecule has 1 saturated carbocycles. The van der Waals surface area contributed by atoms with Crippen molar-refractivity contribution in [3.05, 3.63) is 42.4 Å². The number of unbranched alkanes of at least 4 members (excludes halogenated alkanes) is 2. The van der Waals surface area contributed by atoms with Gasteiger partial charge in [-0.2, -0.15) is 0 Å². The van der Waals surface area contributed by atoms with Gasteiger partial charge in [0.25, 0.3) is 0 Å². The summed E-state index contributed by atoms with van der Waals surface area (Å²) in [5, 5.41) is 4.38. The van der Waals surface area contributed by atoms with Crippen LogP contribution in [0.1, 0.15) is 76.6 Å². The van der Waals surface area contributed by atoms with Crippen LogP contribution in [-0.4, -0.2) is 58.8 Å². The highest BCUT2D eigenvalue weighted by molar-refractivity contribution is 5.84. The van der Waals surface area contributed by atoms with E-state index in [4.69, 9.17) is 9.72 Å². The first-order valence-electron chi connectivity index (χ1n) is 14.4. The number of likely N-dealkylation sites (tertiary alicyclic amines) is 1. The maximum Gasteiger partial charge on any atom is 0.224 e. The Morgan fingerprint density at radius 1 is 1.18 bits per heavy atom. The summed E-state index contributed by atoms with van der Waals surface area (Å²) in [5.74, 6) is 1.96. The number of benzene rings is 1. The fourth-order valence-corrected chi connectivity index (χ4v) is 5.96. The number of amides is 1. The van der Waals surface area contributed by atoms with E-state index in [0.29, 0.717) is 24.5 Å². The van der Waals surface area contributed by atoms with Crippen LogP contribution < -0.4 is 10.1 Å². The first-order chi connectivity index (χ1) is 18.9. The molecule has 2 aromatic heterocycles. The summed E-state index contributed by atoms with van der Waals surface area (Å²) in [7, 11) is 3.78. The topological polar surface area (TPSA) is 100 Å². The van der Waals surface area contributed by atoms with Gasteiger partial charge in [0, 0.05) is 35.8 Å². The molecule has 3 aromatic rings. The molecule has 208 valence electrons. The number of methoxy groups -OCH3 is 1. The summed E-state index contributed by atoms with van der Waals surface area (Å²) < 4.78 is 5.25. The zero-order valence-corrected chi connectivity index (χ0v) is 23.5. The minimum absolute atomic E-state index is 0.107. The monoisotopic (exact) mass is 531 g/mol. The van der Waals surface area contributed by atoms with Crippen LogP contribution in [-0.2, 0) is 9.59 Å². The third-order valence-electron chi connectivity index (χ3n) is 8.76. The van der Waals surface area contributed by atoms with Crippen LogP contribution in [0, 0.1) is 11.3 Å². The smallest absolute Gasteiger partial charge is 0.224 e. The summed E-state index contributed by atoms with van der Waals surface area (Å²) in [5.41, 5.74) is 2.99. The number of hydrogen-bond acceptors (Lipinski definition) is 6. The Morgan fingerprint density at radius 2 is 2.00 bits per heavy atom. The highest BCUT2D eigenvalue weighted by Gasteiger charge is 2.58. The first kappa shape index (κ1) is 27.3. The number of fused-ring (bicyclic) bond motifs is 1. The number of piperidine rings is 1. The highest BCUT2D eigenvalue weighted by atomic mass is 16.5. The Bertz CT molecular complexity index is 1310. The molecular formula is C31H41N5O3. The number of ketones is 1. The molecular weight excluding hydrogens is 490 g/mol. The lowest BCUT2D eigenvalue weighted by molar-refractivity contribution is -0.124. The molecule has 39 heavy (non-hydrogen) atoms. The molecule has 1 spiro atoms. The van der Waals surface area contributed by atoms with Gasteiger partial charge in [-0.15, -0.1) is 0 Å². The number of aromatic amines is 1. The Hall–Kier alpha value is -3.26. The highest BCUT2D eigenvalue weighted by Crippen LogP contribution is 2.59. The van der Waals surface area contributed by atoms with Gasteiger partial charge < -0.3 is 19.9 Å². The number of H-pyrrole nitrogens is 1. The average molecular weight is 532 g/mol. The summed E-state index contributed by atoms with van der Waals surface area (Å²) in [6.07, 6.45) is 9.88. The summed E-state index contributed by atoms with van der Waals surface area (Å²) in [6, 6.07) is 9.79. The van der Waals surface area contributed by atoms with Crippen molar-refractivity contribution in [2.24, 2.45) is 11.3 Å². The molecule has 1 aromatic carbocycles. The number of Topliss-reactive ketones (excluding diaryl/α,β-unsaturated/α-hetero) is 1. The molecule has 2 aliphatic rings. The summed E-state index contributed by atoms with van der Waals surface area (Å²) >= 11 is 0. The van der Waals surface area contributed by atoms with E-state index in [2.05, 4.69) is 33.3 Å². The number of pyridine rings is 1. The summed E-state index contributed by atoms with van der Waals surface area (Å²) in [4.78, 5) is 40.2. The van der Waals surface area contributed by atoms with Gasteiger partial charge >= 0.3 is 0 Å². The predicted molar refractivity (Wildman–Crippen MR) is 152 cm³/mol. The van der Waals surface area contributed by atoms with Gasteiger partial charge in [0.05, 0.1) is 30.6 Å². The molecule has 8 heteroatoms. The molecule has 2 fully saturated rings. The number of carbonyl (C=O) groups is 2. The number of nitrogens with one attached hydrogen (secondary N) is 2. The van der Waals surface area contributed by atoms with Gasteiger partial charge in [0.2, 0.25) is 11.8 Å². The van der Waals surface area contributed by atoms with Gasteiger partial charge in [-0.25, -0.2) is 9.97 Å². The predicted octanol–water partition coefficient (Wildman–Crippen LogP) is 5.45. The second-order valence-corrected chi connectivity index (χ2v) is 11.4. The van der Waals surface area contributed by atoms with Crippen molar-refractivity contribution < 1.29 is 14.3 Å². The van der Waals surface area contributed by atoms with Crippen LogP contribution in [0.4, 0.5) is 0 Å². The molecule has 2 atom stereocenters. The Balaban J connectivity index is 1.28.